The average molecular weight is 358 g/mol. The van der Waals surface area contributed by atoms with Gasteiger partial charge in [-0.05, 0) is 57.2 Å². The fourth-order valence-corrected chi connectivity index (χ4v) is 4.52. The molecule has 0 saturated carbocycles. The van der Waals surface area contributed by atoms with Gasteiger partial charge >= 0.3 is 5.97 Å². The molecule has 25 heavy (non-hydrogen) atoms. The smallest absolute Gasteiger partial charge is 0.341 e. The summed E-state index contributed by atoms with van der Waals surface area (Å²) in [6.45, 7) is 3.70. The fourth-order valence-electron chi connectivity index (χ4n) is 3.25. The maximum Gasteiger partial charge on any atom is 0.341 e. The van der Waals surface area contributed by atoms with Crippen LogP contribution in [0.3, 0.4) is 0 Å². The van der Waals surface area contributed by atoms with Gasteiger partial charge in [0.15, 0.2) is 0 Å². The Kier molecular flexibility index (Phi) is 5.18. The molecular weight excluding hydrogens is 336 g/mol. The Hall–Kier alpha value is -2.21. The summed E-state index contributed by atoms with van der Waals surface area (Å²) in [6, 6.07) is 3.58. The van der Waals surface area contributed by atoms with E-state index in [4.69, 9.17) is 4.74 Å². The third-order valence-corrected chi connectivity index (χ3v) is 5.71. The first kappa shape index (κ1) is 17.6. The molecule has 2 aromatic rings. The van der Waals surface area contributed by atoms with E-state index < -0.39 is 0 Å². The van der Waals surface area contributed by atoms with E-state index in [1.807, 2.05) is 19.9 Å². The van der Waals surface area contributed by atoms with Gasteiger partial charge in [-0.25, -0.2) is 4.79 Å². The van der Waals surface area contributed by atoms with Gasteiger partial charge in [0.2, 0.25) is 0 Å². The minimum Gasteiger partial charge on any atom is -0.465 e. The van der Waals surface area contributed by atoms with Crippen molar-refractivity contribution in [2.24, 2.45) is 0 Å². The molecular formula is C19H22N2O3S. The van der Waals surface area contributed by atoms with Gasteiger partial charge in [0, 0.05) is 10.6 Å². The number of methoxy groups -OCH3 is 1. The Morgan fingerprint density at radius 1 is 1.16 bits per heavy atom. The van der Waals surface area contributed by atoms with Gasteiger partial charge in [-0.1, -0.05) is 6.42 Å². The lowest BCUT2D eigenvalue weighted by atomic mass is 10.1. The fraction of sp³-hybridized carbons (Fsp3) is 0.421. The number of nitrogens with one attached hydrogen (secondary N) is 1. The molecule has 0 atom stereocenters. The number of hydrogen-bond donors (Lipinski definition) is 1. The Morgan fingerprint density at radius 2 is 1.92 bits per heavy atom. The highest BCUT2D eigenvalue weighted by Crippen LogP contribution is 2.38. The van der Waals surface area contributed by atoms with Gasteiger partial charge in [0.25, 0.3) is 5.91 Å². The number of aromatic nitrogens is 1. The molecule has 2 aromatic heterocycles. The van der Waals surface area contributed by atoms with Crippen LogP contribution in [0.25, 0.3) is 0 Å². The van der Waals surface area contributed by atoms with E-state index >= 15 is 0 Å². The molecule has 0 radical (unpaired) electrons. The number of pyridine rings is 1. The number of fused-ring (bicyclic) bond motifs is 1. The molecule has 0 fully saturated rings. The highest BCUT2D eigenvalue weighted by atomic mass is 32.1. The molecule has 0 bridgehead atoms. The number of amides is 1. The first-order valence-electron chi connectivity index (χ1n) is 8.49. The van der Waals surface area contributed by atoms with Crippen LogP contribution < -0.4 is 5.32 Å². The Labute approximate surface area is 151 Å². The van der Waals surface area contributed by atoms with Crippen LogP contribution in [0, 0.1) is 13.8 Å². The molecule has 1 N–H and O–H groups in total. The maximum absolute atomic E-state index is 12.7. The zero-order valence-electron chi connectivity index (χ0n) is 14.8. The standard InChI is InChI=1S/C19H22N2O3S/c1-11-9-10-13(12(2)20-11)17(22)21-18-16(19(23)24-3)14-7-5-4-6-8-15(14)25-18/h9-10H,4-8H2,1-3H3,(H,21,22). The monoisotopic (exact) mass is 358 g/mol. The first-order valence-corrected chi connectivity index (χ1v) is 9.31. The molecule has 0 aromatic carbocycles. The quantitative estimate of drug-likeness (QED) is 0.663. The highest BCUT2D eigenvalue weighted by molar-refractivity contribution is 7.17. The predicted octanol–water partition coefficient (Wildman–Crippen LogP) is 4.07. The van der Waals surface area contributed by atoms with Gasteiger partial charge in [-0.15, -0.1) is 11.3 Å². The van der Waals surface area contributed by atoms with Gasteiger partial charge in [-0.2, -0.15) is 0 Å². The maximum atomic E-state index is 12.7. The van der Waals surface area contributed by atoms with E-state index in [2.05, 4.69) is 10.3 Å². The molecule has 1 aliphatic rings. The summed E-state index contributed by atoms with van der Waals surface area (Å²) >= 11 is 1.50. The van der Waals surface area contributed by atoms with Crippen molar-refractivity contribution in [2.45, 2.75) is 46.0 Å². The number of aryl methyl sites for hydroxylation is 3. The first-order chi connectivity index (χ1) is 12.0. The van der Waals surface area contributed by atoms with Crippen LogP contribution in [0.4, 0.5) is 5.00 Å². The van der Waals surface area contributed by atoms with E-state index in [1.165, 1.54) is 23.3 Å². The molecule has 2 heterocycles. The van der Waals surface area contributed by atoms with E-state index in [0.717, 1.165) is 43.4 Å². The molecule has 0 spiro atoms. The van der Waals surface area contributed by atoms with Gasteiger partial charge in [0.1, 0.15) is 5.00 Å². The van der Waals surface area contributed by atoms with Gasteiger partial charge < -0.3 is 10.1 Å². The van der Waals surface area contributed by atoms with Crippen molar-refractivity contribution < 1.29 is 14.3 Å². The molecule has 0 saturated heterocycles. The lowest BCUT2D eigenvalue weighted by Gasteiger charge is -2.09. The second-order valence-corrected chi connectivity index (χ2v) is 7.41. The van der Waals surface area contributed by atoms with Crippen LogP contribution in [0.1, 0.15) is 61.8 Å². The second-order valence-electron chi connectivity index (χ2n) is 6.30. The normalized spacial score (nSPS) is 13.7. The summed E-state index contributed by atoms with van der Waals surface area (Å²) in [4.78, 5) is 30.5. The van der Waals surface area contributed by atoms with Gasteiger partial charge in [-0.3, -0.25) is 9.78 Å². The van der Waals surface area contributed by atoms with Crippen LogP contribution in [0.2, 0.25) is 0 Å². The minimum atomic E-state index is -0.381. The number of esters is 1. The Morgan fingerprint density at radius 3 is 2.64 bits per heavy atom. The lowest BCUT2D eigenvalue weighted by Crippen LogP contribution is -2.16. The molecule has 5 nitrogen and oxygen atoms in total. The van der Waals surface area contributed by atoms with Crippen LogP contribution in [-0.4, -0.2) is 24.0 Å². The third kappa shape index (κ3) is 3.58. The molecule has 1 aliphatic carbocycles. The number of ether oxygens (including phenoxy) is 1. The molecule has 6 heteroatoms. The molecule has 0 unspecified atom stereocenters. The van der Waals surface area contributed by atoms with E-state index in [0.29, 0.717) is 21.8 Å². The summed E-state index contributed by atoms with van der Waals surface area (Å²) < 4.78 is 4.97. The van der Waals surface area contributed by atoms with Crippen molar-refractivity contribution in [2.75, 3.05) is 12.4 Å². The van der Waals surface area contributed by atoms with Crippen molar-refractivity contribution in [1.29, 1.82) is 0 Å². The zero-order valence-corrected chi connectivity index (χ0v) is 15.6. The number of hydrogen-bond acceptors (Lipinski definition) is 5. The van der Waals surface area contributed by atoms with Crippen LogP contribution in [-0.2, 0) is 17.6 Å². The third-order valence-electron chi connectivity index (χ3n) is 4.51. The topological polar surface area (TPSA) is 68.3 Å². The summed E-state index contributed by atoms with van der Waals surface area (Å²) in [7, 11) is 1.38. The van der Waals surface area contributed by atoms with E-state index in [9.17, 15) is 9.59 Å². The number of nitrogens with zero attached hydrogens (tertiary/aromatic N) is 1. The Bertz CT molecular complexity index is 826. The van der Waals surface area contributed by atoms with Crippen LogP contribution in [0.5, 0.6) is 0 Å². The van der Waals surface area contributed by atoms with Crippen molar-refractivity contribution in [3.05, 3.63) is 45.1 Å². The van der Waals surface area contributed by atoms with Crippen molar-refractivity contribution in [3.63, 3.8) is 0 Å². The largest absolute Gasteiger partial charge is 0.465 e. The van der Waals surface area contributed by atoms with Crippen molar-refractivity contribution in [1.82, 2.24) is 4.98 Å². The number of thiophene rings is 1. The van der Waals surface area contributed by atoms with E-state index in [1.54, 1.807) is 6.07 Å². The van der Waals surface area contributed by atoms with Crippen molar-refractivity contribution >= 4 is 28.2 Å². The number of rotatable bonds is 3. The highest BCUT2D eigenvalue weighted by Gasteiger charge is 2.26. The summed E-state index contributed by atoms with van der Waals surface area (Å²) in [5.41, 5.74) is 3.63. The predicted molar refractivity (Wildman–Crippen MR) is 98.6 cm³/mol. The molecule has 1 amide bonds. The lowest BCUT2D eigenvalue weighted by molar-refractivity contribution is 0.0601. The second kappa shape index (κ2) is 7.35. The van der Waals surface area contributed by atoms with Crippen LogP contribution >= 0.6 is 11.3 Å². The van der Waals surface area contributed by atoms with Gasteiger partial charge in [0.05, 0.1) is 23.9 Å². The number of carbonyl (C=O) groups excluding carboxylic acids is 2. The summed E-state index contributed by atoms with van der Waals surface area (Å²) in [6.07, 6.45) is 5.14. The number of carbonyl (C=O) groups is 2. The molecule has 0 aliphatic heterocycles. The summed E-state index contributed by atoms with van der Waals surface area (Å²) in [5.74, 6) is -0.625. The average Bonchev–Trinajstić information content (AvgIpc) is 2.75. The van der Waals surface area contributed by atoms with Crippen molar-refractivity contribution in [3.8, 4) is 0 Å². The number of anilines is 1. The SMILES string of the molecule is COC(=O)c1c(NC(=O)c2ccc(C)nc2C)sc2c1CCCCC2. The van der Waals surface area contributed by atoms with Crippen LogP contribution in [0.15, 0.2) is 12.1 Å². The molecule has 3 rings (SSSR count). The molecule has 132 valence electrons. The van der Waals surface area contributed by atoms with E-state index in [-0.39, 0.29) is 11.9 Å². The Balaban J connectivity index is 1.96. The zero-order chi connectivity index (χ0) is 18.0. The summed E-state index contributed by atoms with van der Waals surface area (Å²) in [5, 5.41) is 3.51. The minimum absolute atomic E-state index is 0.244.